The Hall–Kier alpha value is -2.73. The lowest BCUT2D eigenvalue weighted by atomic mass is 9.74. The minimum absolute atomic E-state index is 0.0845. The quantitative estimate of drug-likeness (QED) is 0.383. The number of piperidine rings is 1. The molecule has 1 aromatic carbocycles. The molecule has 10 nitrogen and oxygen atoms in total. The summed E-state index contributed by atoms with van der Waals surface area (Å²) >= 11 is 0. The van der Waals surface area contributed by atoms with Crippen molar-refractivity contribution in [1.29, 1.82) is 0 Å². The summed E-state index contributed by atoms with van der Waals surface area (Å²) in [6.07, 6.45) is -3.53. The molecule has 1 amide bonds. The fourth-order valence-electron chi connectivity index (χ4n) is 6.13. The first-order valence-corrected chi connectivity index (χ1v) is 12.3. The topological polar surface area (TPSA) is 145 Å². The summed E-state index contributed by atoms with van der Waals surface area (Å²) in [5, 5.41) is 41.3. The van der Waals surface area contributed by atoms with Gasteiger partial charge in [0.2, 0.25) is 6.29 Å². The predicted octanol–water partition coefficient (Wildman–Crippen LogP) is 0.473. The molecule has 4 aliphatic rings. The Morgan fingerprint density at radius 1 is 1.17 bits per heavy atom. The van der Waals surface area contributed by atoms with Gasteiger partial charge < -0.3 is 44.5 Å². The van der Waals surface area contributed by atoms with Crippen LogP contribution in [0.3, 0.4) is 0 Å². The monoisotopic (exact) mass is 498 g/mol. The highest BCUT2D eigenvalue weighted by Gasteiger charge is 2.51. The van der Waals surface area contributed by atoms with Crippen molar-refractivity contribution < 1.29 is 39.4 Å². The summed E-state index contributed by atoms with van der Waals surface area (Å²) in [7, 11) is 0. The van der Waals surface area contributed by atoms with E-state index in [1.54, 1.807) is 6.08 Å². The van der Waals surface area contributed by atoms with Crippen LogP contribution in [0.25, 0.3) is 10.9 Å². The third-order valence-electron chi connectivity index (χ3n) is 8.04. The van der Waals surface area contributed by atoms with Gasteiger partial charge in [-0.25, -0.2) is 0 Å². The number of aliphatic hydroxyl groups is 4. The fraction of sp³-hybridized carbons (Fsp3) is 0.500. The minimum atomic E-state index is -1.56. The van der Waals surface area contributed by atoms with Gasteiger partial charge in [-0.3, -0.25) is 4.79 Å². The van der Waals surface area contributed by atoms with Gasteiger partial charge in [-0.2, -0.15) is 0 Å². The Morgan fingerprint density at radius 2 is 1.97 bits per heavy atom. The molecular formula is C26H30N2O8. The number of hydrogen-bond donors (Lipinski definition) is 5. The van der Waals surface area contributed by atoms with E-state index in [4.69, 9.17) is 14.2 Å². The van der Waals surface area contributed by atoms with Gasteiger partial charge in [0.15, 0.2) is 6.29 Å². The first kappa shape index (κ1) is 23.7. The van der Waals surface area contributed by atoms with E-state index in [9.17, 15) is 25.2 Å². The van der Waals surface area contributed by atoms with E-state index in [-0.39, 0.29) is 17.9 Å². The molecule has 192 valence electrons. The zero-order chi connectivity index (χ0) is 25.1. The van der Waals surface area contributed by atoms with Gasteiger partial charge in [-0.15, -0.1) is 6.58 Å². The van der Waals surface area contributed by atoms with Crippen LogP contribution in [-0.4, -0.2) is 86.4 Å². The number of fused-ring (bicyclic) bond motifs is 6. The summed E-state index contributed by atoms with van der Waals surface area (Å²) in [5.41, 5.74) is 3.89. The Kier molecular flexibility index (Phi) is 5.90. The average molecular weight is 499 g/mol. The second-order valence-electron chi connectivity index (χ2n) is 9.89. The van der Waals surface area contributed by atoms with Crippen molar-refractivity contribution in [3.63, 3.8) is 0 Å². The number of rotatable bonds is 4. The molecule has 9 atom stereocenters. The molecule has 5 heterocycles. The third kappa shape index (κ3) is 3.52. The van der Waals surface area contributed by atoms with Crippen LogP contribution in [0.4, 0.5) is 0 Å². The zero-order valence-corrected chi connectivity index (χ0v) is 19.6. The van der Waals surface area contributed by atoms with E-state index in [1.165, 1.54) is 17.2 Å². The van der Waals surface area contributed by atoms with Crippen molar-refractivity contribution in [2.75, 3.05) is 13.2 Å². The molecule has 0 saturated carbocycles. The van der Waals surface area contributed by atoms with E-state index in [1.807, 2.05) is 23.1 Å². The third-order valence-corrected chi connectivity index (χ3v) is 8.04. The number of H-pyrrole nitrogens is 1. The highest BCUT2D eigenvalue weighted by atomic mass is 16.8. The summed E-state index contributed by atoms with van der Waals surface area (Å²) in [5.74, 6) is -0.783. The smallest absolute Gasteiger partial charge is 0.253 e. The lowest BCUT2D eigenvalue weighted by molar-refractivity contribution is -0.339. The summed E-state index contributed by atoms with van der Waals surface area (Å²) in [6.45, 7) is 4.01. The molecule has 0 spiro atoms. The first-order chi connectivity index (χ1) is 17.4. The molecule has 2 saturated heterocycles. The van der Waals surface area contributed by atoms with Crippen molar-refractivity contribution in [1.82, 2.24) is 9.88 Å². The van der Waals surface area contributed by atoms with Crippen LogP contribution >= 0.6 is 0 Å². The Bertz CT molecular complexity index is 1210. The van der Waals surface area contributed by atoms with E-state index >= 15 is 0 Å². The maximum Gasteiger partial charge on any atom is 0.253 e. The van der Waals surface area contributed by atoms with Crippen molar-refractivity contribution in [2.24, 2.45) is 11.8 Å². The largest absolute Gasteiger partial charge is 0.471 e. The molecule has 10 heteroatoms. The van der Waals surface area contributed by atoms with Crippen molar-refractivity contribution in [3.8, 4) is 0 Å². The predicted molar refractivity (Wildman–Crippen MR) is 126 cm³/mol. The lowest BCUT2D eigenvalue weighted by Crippen LogP contribution is -2.60. The van der Waals surface area contributed by atoms with E-state index < -0.39 is 49.5 Å². The number of aromatic amines is 1. The second kappa shape index (κ2) is 8.98. The van der Waals surface area contributed by atoms with Crippen molar-refractivity contribution >= 4 is 16.8 Å². The number of aromatic nitrogens is 1. The number of ether oxygens (including phenoxy) is 3. The van der Waals surface area contributed by atoms with E-state index in [0.717, 1.165) is 17.6 Å². The standard InChI is InChI=1S/C26H30N2O8/c1-2-12-15-9-18-20-14(13-5-3-4-6-17(13)27-20)7-8-28(18)24(33)16(15)11-34-25(12)36-26-23(32)22(31)21(30)19(10-29)35-26/h2-6,11-12,15,18-19,21-23,25-27,29-32H,1,7-10H2/t12-,15+,18+,19-,21-,22+,23-,25+,26-/m1/s1. The van der Waals surface area contributed by atoms with Crippen LogP contribution in [0.1, 0.15) is 23.7 Å². The summed E-state index contributed by atoms with van der Waals surface area (Å²) < 4.78 is 17.2. The van der Waals surface area contributed by atoms with Crippen LogP contribution in [0.5, 0.6) is 0 Å². The number of benzene rings is 1. The Morgan fingerprint density at radius 3 is 2.75 bits per heavy atom. The molecule has 5 N–H and O–H groups in total. The van der Waals surface area contributed by atoms with Crippen LogP contribution in [0, 0.1) is 11.8 Å². The molecule has 36 heavy (non-hydrogen) atoms. The van der Waals surface area contributed by atoms with Crippen LogP contribution < -0.4 is 0 Å². The highest BCUT2D eigenvalue weighted by molar-refractivity contribution is 5.96. The van der Waals surface area contributed by atoms with Crippen LogP contribution in [0.2, 0.25) is 0 Å². The molecule has 0 unspecified atom stereocenters. The van der Waals surface area contributed by atoms with Gasteiger partial charge in [0.05, 0.1) is 24.5 Å². The SMILES string of the molecule is C=C[C@H]1[C@H](O[C@H]2O[C@H](CO)[C@@H](O)[C@H](O)[C@H]2O)OC=C2C(=O)N3CCc4c([nH]c5ccccc45)[C@@H]3C[C@H]21. The zero-order valence-electron chi connectivity index (χ0n) is 19.6. The van der Waals surface area contributed by atoms with Gasteiger partial charge in [-0.1, -0.05) is 24.3 Å². The second-order valence-corrected chi connectivity index (χ2v) is 9.89. The molecule has 1 aromatic heterocycles. The maximum absolute atomic E-state index is 13.5. The summed E-state index contributed by atoms with van der Waals surface area (Å²) in [4.78, 5) is 19.0. The number of nitrogens with zero attached hydrogens (tertiary/aromatic N) is 1. The van der Waals surface area contributed by atoms with Crippen LogP contribution in [0.15, 0.2) is 48.8 Å². The van der Waals surface area contributed by atoms with Crippen molar-refractivity contribution in [2.45, 2.75) is 55.9 Å². The fourth-order valence-corrected chi connectivity index (χ4v) is 6.13. The number of amides is 1. The normalized spacial score (nSPS) is 38.0. The number of aliphatic hydroxyl groups excluding tert-OH is 4. The van der Waals surface area contributed by atoms with Gasteiger partial charge in [0, 0.05) is 35.0 Å². The number of carbonyl (C=O) groups excluding carboxylic acids is 1. The molecule has 0 aliphatic carbocycles. The Balaban J connectivity index is 1.28. The summed E-state index contributed by atoms with van der Waals surface area (Å²) in [6, 6.07) is 8.01. The average Bonchev–Trinajstić information content (AvgIpc) is 3.28. The maximum atomic E-state index is 13.5. The number of para-hydroxylation sites is 1. The molecule has 2 aromatic rings. The minimum Gasteiger partial charge on any atom is -0.471 e. The van der Waals surface area contributed by atoms with Gasteiger partial charge >= 0.3 is 0 Å². The van der Waals surface area contributed by atoms with Gasteiger partial charge in [0.1, 0.15) is 24.4 Å². The molecular weight excluding hydrogens is 468 g/mol. The molecule has 4 aliphatic heterocycles. The van der Waals surface area contributed by atoms with E-state index in [2.05, 4.69) is 17.6 Å². The highest BCUT2D eigenvalue weighted by Crippen LogP contribution is 2.48. The van der Waals surface area contributed by atoms with Gasteiger partial charge in [-0.05, 0) is 24.5 Å². The number of hydrogen-bond acceptors (Lipinski definition) is 8. The molecule has 6 rings (SSSR count). The number of carbonyl (C=O) groups is 1. The number of nitrogens with one attached hydrogen (secondary N) is 1. The molecule has 2 fully saturated rings. The first-order valence-electron chi connectivity index (χ1n) is 12.3. The lowest BCUT2D eigenvalue weighted by Gasteiger charge is -2.48. The Labute approximate surface area is 207 Å². The van der Waals surface area contributed by atoms with Crippen LogP contribution in [-0.2, 0) is 25.4 Å². The molecule has 0 radical (unpaired) electrons. The molecule has 0 bridgehead atoms. The van der Waals surface area contributed by atoms with Gasteiger partial charge in [0.25, 0.3) is 5.91 Å². The van der Waals surface area contributed by atoms with Crippen molar-refractivity contribution in [3.05, 3.63) is 60.0 Å². The van der Waals surface area contributed by atoms with E-state index in [0.29, 0.717) is 18.5 Å².